The maximum absolute atomic E-state index is 12.9. The van der Waals surface area contributed by atoms with E-state index in [0.717, 1.165) is 18.9 Å². The second-order valence-electron chi connectivity index (χ2n) is 4.97. The Morgan fingerprint density at radius 2 is 2.10 bits per heavy atom. The van der Waals surface area contributed by atoms with Crippen molar-refractivity contribution < 1.29 is 13.2 Å². The lowest BCUT2D eigenvalue weighted by Gasteiger charge is -2.10. The molecule has 0 saturated heterocycles. The van der Waals surface area contributed by atoms with Crippen LogP contribution in [0.3, 0.4) is 0 Å². The summed E-state index contributed by atoms with van der Waals surface area (Å²) in [5, 5.41) is 11.1. The number of nitrogens with one attached hydrogen (secondary N) is 1. The van der Waals surface area contributed by atoms with Gasteiger partial charge in [-0.3, -0.25) is 0 Å². The van der Waals surface area contributed by atoms with E-state index < -0.39 is 11.7 Å². The lowest BCUT2D eigenvalue weighted by Crippen LogP contribution is -2.15. The molecule has 1 aromatic carbocycles. The van der Waals surface area contributed by atoms with Crippen molar-refractivity contribution in [3.8, 4) is 5.69 Å². The fraction of sp³-hybridized carbons (Fsp3) is 0.385. The molecule has 1 N–H and O–H groups in total. The lowest BCUT2D eigenvalue weighted by molar-refractivity contribution is -0.138. The highest BCUT2D eigenvalue weighted by atomic mass is 79.9. The molecule has 3 rings (SSSR count). The minimum absolute atomic E-state index is 0.00879. The molecule has 0 unspecified atom stereocenters. The maximum Gasteiger partial charge on any atom is 0.417 e. The molecule has 1 aromatic heterocycles. The second-order valence-corrected chi connectivity index (χ2v) is 5.83. The summed E-state index contributed by atoms with van der Waals surface area (Å²) in [6.07, 6.45) is -0.448. The van der Waals surface area contributed by atoms with Crippen LogP contribution in [0.5, 0.6) is 0 Å². The highest BCUT2D eigenvalue weighted by Crippen LogP contribution is 2.35. The molecule has 0 bridgehead atoms. The third-order valence-electron chi connectivity index (χ3n) is 3.21. The summed E-state index contributed by atoms with van der Waals surface area (Å²) in [5.41, 5.74) is 0.308. The molecule has 112 valence electrons. The summed E-state index contributed by atoms with van der Waals surface area (Å²) in [4.78, 5) is 0. The van der Waals surface area contributed by atoms with Crippen LogP contribution in [0.1, 0.15) is 24.1 Å². The van der Waals surface area contributed by atoms with Gasteiger partial charge in [0.2, 0.25) is 0 Å². The Bertz CT molecular complexity index is 649. The minimum atomic E-state index is -4.41. The van der Waals surface area contributed by atoms with Crippen molar-refractivity contribution in [1.82, 2.24) is 20.3 Å². The normalized spacial score (nSPS) is 15.4. The van der Waals surface area contributed by atoms with Gasteiger partial charge in [0.15, 0.2) is 0 Å². The molecule has 0 atom stereocenters. The van der Waals surface area contributed by atoms with E-state index in [0.29, 0.717) is 24.0 Å². The van der Waals surface area contributed by atoms with Crippen LogP contribution in [0, 0.1) is 0 Å². The van der Waals surface area contributed by atoms with E-state index in [1.165, 1.54) is 10.7 Å². The zero-order valence-corrected chi connectivity index (χ0v) is 12.4. The number of benzene rings is 1. The predicted molar refractivity (Wildman–Crippen MR) is 73.9 cm³/mol. The van der Waals surface area contributed by atoms with Gasteiger partial charge in [0.1, 0.15) is 0 Å². The van der Waals surface area contributed by atoms with Crippen molar-refractivity contribution in [2.24, 2.45) is 0 Å². The van der Waals surface area contributed by atoms with Gasteiger partial charge in [0.25, 0.3) is 0 Å². The quantitative estimate of drug-likeness (QED) is 0.909. The number of hydrogen-bond acceptors (Lipinski definition) is 3. The van der Waals surface area contributed by atoms with Crippen molar-refractivity contribution in [3.05, 3.63) is 40.1 Å². The first-order chi connectivity index (χ1) is 9.93. The van der Waals surface area contributed by atoms with Crippen LogP contribution >= 0.6 is 15.9 Å². The standard InChI is InChI=1S/C13H12BrF3N4/c14-12-4-3-10(5-11(12)13(15,16)17)21-7-9(19-20-21)6-18-8-1-2-8/h3-5,7-8,18H,1-2,6H2. The fourth-order valence-electron chi connectivity index (χ4n) is 1.91. The van der Waals surface area contributed by atoms with E-state index >= 15 is 0 Å². The average molecular weight is 361 g/mol. The largest absolute Gasteiger partial charge is 0.417 e. The zero-order chi connectivity index (χ0) is 15.0. The fourth-order valence-corrected chi connectivity index (χ4v) is 2.39. The van der Waals surface area contributed by atoms with E-state index in [1.54, 1.807) is 12.3 Å². The van der Waals surface area contributed by atoms with Gasteiger partial charge in [0, 0.05) is 17.1 Å². The van der Waals surface area contributed by atoms with E-state index in [9.17, 15) is 13.2 Å². The molecular formula is C13H12BrF3N4. The molecule has 1 aliphatic rings. The van der Waals surface area contributed by atoms with Crippen LogP contribution in [0.25, 0.3) is 5.69 Å². The van der Waals surface area contributed by atoms with Crippen LogP contribution in [0.4, 0.5) is 13.2 Å². The molecule has 0 amide bonds. The van der Waals surface area contributed by atoms with Crippen molar-refractivity contribution in [2.75, 3.05) is 0 Å². The van der Waals surface area contributed by atoms with E-state index in [1.807, 2.05) is 0 Å². The minimum Gasteiger partial charge on any atom is -0.308 e. The van der Waals surface area contributed by atoms with Gasteiger partial charge in [-0.2, -0.15) is 13.2 Å². The molecule has 8 heteroatoms. The van der Waals surface area contributed by atoms with Gasteiger partial charge in [-0.25, -0.2) is 4.68 Å². The number of hydrogen-bond donors (Lipinski definition) is 1. The first-order valence-corrected chi connectivity index (χ1v) is 7.24. The lowest BCUT2D eigenvalue weighted by atomic mass is 10.2. The van der Waals surface area contributed by atoms with Crippen LogP contribution in [0.2, 0.25) is 0 Å². The van der Waals surface area contributed by atoms with Gasteiger partial charge in [-0.05, 0) is 31.0 Å². The Hall–Kier alpha value is -1.41. The summed E-state index contributed by atoms with van der Waals surface area (Å²) in [5.74, 6) is 0. The number of alkyl halides is 3. The Labute approximate surface area is 127 Å². The highest BCUT2D eigenvalue weighted by Gasteiger charge is 2.33. The summed E-state index contributed by atoms with van der Waals surface area (Å²) < 4.78 is 40.0. The van der Waals surface area contributed by atoms with Gasteiger partial charge in [-0.15, -0.1) is 5.10 Å². The van der Waals surface area contributed by atoms with Crippen molar-refractivity contribution in [3.63, 3.8) is 0 Å². The second kappa shape index (κ2) is 5.42. The van der Waals surface area contributed by atoms with Crippen LogP contribution in [-0.2, 0) is 12.7 Å². The molecule has 1 saturated carbocycles. The summed E-state index contributed by atoms with van der Waals surface area (Å²) in [6.45, 7) is 0.577. The van der Waals surface area contributed by atoms with Crippen molar-refractivity contribution in [2.45, 2.75) is 31.6 Å². The monoisotopic (exact) mass is 360 g/mol. The Balaban J connectivity index is 1.82. The molecule has 2 aromatic rings. The molecule has 0 aliphatic heterocycles. The molecule has 4 nitrogen and oxygen atoms in total. The van der Waals surface area contributed by atoms with Gasteiger partial charge < -0.3 is 5.32 Å². The topological polar surface area (TPSA) is 42.7 Å². The smallest absolute Gasteiger partial charge is 0.308 e. The third kappa shape index (κ3) is 3.44. The molecule has 1 fully saturated rings. The summed E-state index contributed by atoms with van der Waals surface area (Å²) in [6, 6.07) is 4.52. The van der Waals surface area contributed by atoms with Crippen LogP contribution in [0.15, 0.2) is 28.9 Å². The van der Waals surface area contributed by atoms with E-state index in [-0.39, 0.29) is 4.47 Å². The van der Waals surface area contributed by atoms with E-state index in [4.69, 9.17) is 0 Å². The first-order valence-electron chi connectivity index (χ1n) is 6.45. The molecule has 0 radical (unpaired) electrons. The van der Waals surface area contributed by atoms with Crippen LogP contribution < -0.4 is 5.32 Å². The zero-order valence-electron chi connectivity index (χ0n) is 10.9. The molecule has 0 spiro atoms. The van der Waals surface area contributed by atoms with E-state index in [2.05, 4.69) is 31.6 Å². The molecule has 1 aliphatic carbocycles. The Morgan fingerprint density at radius 3 is 2.76 bits per heavy atom. The summed E-state index contributed by atoms with van der Waals surface area (Å²) >= 11 is 2.92. The third-order valence-corrected chi connectivity index (χ3v) is 3.90. The van der Waals surface area contributed by atoms with Gasteiger partial charge in [-0.1, -0.05) is 21.1 Å². The molecular weight excluding hydrogens is 349 g/mol. The number of aromatic nitrogens is 3. The maximum atomic E-state index is 12.9. The Kier molecular flexibility index (Phi) is 3.75. The Morgan fingerprint density at radius 1 is 1.33 bits per heavy atom. The summed E-state index contributed by atoms with van der Waals surface area (Å²) in [7, 11) is 0. The number of nitrogens with zero attached hydrogens (tertiary/aromatic N) is 3. The van der Waals surface area contributed by atoms with Crippen LogP contribution in [-0.4, -0.2) is 21.0 Å². The van der Waals surface area contributed by atoms with Gasteiger partial charge in [0.05, 0.1) is 23.1 Å². The first kappa shape index (κ1) is 14.5. The van der Waals surface area contributed by atoms with Crippen molar-refractivity contribution >= 4 is 15.9 Å². The average Bonchev–Trinajstić information content (AvgIpc) is 3.13. The molecule has 1 heterocycles. The molecule has 21 heavy (non-hydrogen) atoms. The highest BCUT2D eigenvalue weighted by molar-refractivity contribution is 9.10. The van der Waals surface area contributed by atoms with Crippen molar-refractivity contribution in [1.29, 1.82) is 0 Å². The van der Waals surface area contributed by atoms with Gasteiger partial charge >= 0.3 is 6.18 Å². The number of rotatable bonds is 4. The SMILES string of the molecule is FC(F)(F)c1cc(-n2cc(CNC3CC3)nn2)ccc1Br. The number of halogens is 4. The predicted octanol–water partition coefficient (Wildman–Crippen LogP) is 3.30.